The molecule has 0 unspecified atom stereocenters. The van der Waals surface area contributed by atoms with Gasteiger partial charge in [0.15, 0.2) is 0 Å². The van der Waals surface area contributed by atoms with Crippen LogP contribution in [0.5, 0.6) is 0 Å². The van der Waals surface area contributed by atoms with Gasteiger partial charge in [0.2, 0.25) is 0 Å². The second kappa shape index (κ2) is 3.42. The van der Waals surface area contributed by atoms with Crippen molar-refractivity contribution in [3.8, 4) is 0 Å². The Labute approximate surface area is 86.0 Å². The van der Waals surface area contributed by atoms with Gasteiger partial charge in [-0.2, -0.15) is 0 Å². The molecule has 0 aliphatic rings. The highest BCUT2D eigenvalue weighted by Gasteiger charge is 2.00. The lowest BCUT2D eigenvalue weighted by molar-refractivity contribution is 1.000. The number of hydrogen-bond donors (Lipinski definition) is 0. The number of aryl methyl sites for hydroxylation is 1. The monoisotopic (exact) mass is 208 g/mol. The highest BCUT2D eigenvalue weighted by molar-refractivity contribution is 6.16. The molecule has 0 atom stereocenters. The van der Waals surface area contributed by atoms with Crippen molar-refractivity contribution in [2.45, 2.75) is 12.8 Å². The molecular formula is C10H9ClN2O. The van der Waals surface area contributed by atoms with Crippen molar-refractivity contribution in [2.75, 3.05) is 0 Å². The highest BCUT2D eigenvalue weighted by Crippen LogP contribution is 2.03. The Kier molecular flexibility index (Phi) is 2.25. The van der Waals surface area contributed by atoms with Gasteiger partial charge in [-0.15, -0.1) is 11.6 Å². The zero-order chi connectivity index (χ0) is 10.1. The van der Waals surface area contributed by atoms with E-state index in [1.807, 2.05) is 19.1 Å². The maximum Gasteiger partial charge on any atom is 0.258 e. The molecule has 4 heteroatoms. The molecule has 2 heterocycles. The third kappa shape index (κ3) is 1.51. The Bertz CT molecular complexity index is 533. The quantitative estimate of drug-likeness (QED) is 0.669. The summed E-state index contributed by atoms with van der Waals surface area (Å²) in [6.45, 7) is 1.93. The second-order valence-corrected chi connectivity index (χ2v) is 3.42. The van der Waals surface area contributed by atoms with E-state index in [9.17, 15) is 4.79 Å². The van der Waals surface area contributed by atoms with E-state index in [-0.39, 0.29) is 11.4 Å². The number of alkyl halides is 1. The Morgan fingerprint density at radius 2 is 2.29 bits per heavy atom. The number of rotatable bonds is 1. The van der Waals surface area contributed by atoms with Crippen LogP contribution in [0.25, 0.3) is 5.65 Å². The second-order valence-electron chi connectivity index (χ2n) is 3.15. The summed E-state index contributed by atoms with van der Waals surface area (Å²) in [5, 5.41) is 0. The minimum absolute atomic E-state index is 0.0886. The molecule has 0 amide bonds. The maximum absolute atomic E-state index is 11.6. The first kappa shape index (κ1) is 9.21. The van der Waals surface area contributed by atoms with E-state index < -0.39 is 0 Å². The molecule has 0 aliphatic carbocycles. The van der Waals surface area contributed by atoms with Crippen LogP contribution in [-0.4, -0.2) is 9.38 Å². The van der Waals surface area contributed by atoms with E-state index in [1.165, 1.54) is 10.5 Å². The van der Waals surface area contributed by atoms with Crippen LogP contribution in [0.1, 0.15) is 11.3 Å². The molecule has 3 nitrogen and oxygen atoms in total. The van der Waals surface area contributed by atoms with E-state index in [2.05, 4.69) is 4.98 Å². The van der Waals surface area contributed by atoms with Crippen molar-refractivity contribution >= 4 is 17.2 Å². The minimum Gasteiger partial charge on any atom is -0.269 e. The number of hydrogen-bond acceptors (Lipinski definition) is 2. The molecule has 0 saturated carbocycles. The minimum atomic E-state index is -0.0886. The van der Waals surface area contributed by atoms with Gasteiger partial charge in [0.25, 0.3) is 5.56 Å². The summed E-state index contributed by atoms with van der Waals surface area (Å²) in [5.41, 5.74) is 2.19. The summed E-state index contributed by atoms with van der Waals surface area (Å²) in [7, 11) is 0. The van der Waals surface area contributed by atoms with E-state index >= 15 is 0 Å². The molecule has 0 N–H and O–H groups in total. The van der Waals surface area contributed by atoms with Gasteiger partial charge in [-0.3, -0.25) is 9.20 Å². The van der Waals surface area contributed by atoms with Crippen LogP contribution in [0.2, 0.25) is 0 Å². The lowest BCUT2D eigenvalue weighted by Crippen LogP contribution is -2.15. The van der Waals surface area contributed by atoms with Gasteiger partial charge in [0.05, 0.1) is 11.6 Å². The average Bonchev–Trinajstić information content (AvgIpc) is 2.19. The third-order valence-corrected chi connectivity index (χ3v) is 2.27. The molecule has 0 fully saturated rings. The SMILES string of the molecule is Cc1ccc2nc(CCl)cc(=O)n2c1. The molecule has 0 radical (unpaired) electrons. The van der Waals surface area contributed by atoms with E-state index in [4.69, 9.17) is 11.6 Å². The van der Waals surface area contributed by atoms with Gasteiger partial charge >= 0.3 is 0 Å². The lowest BCUT2D eigenvalue weighted by atomic mass is 10.3. The first-order valence-electron chi connectivity index (χ1n) is 4.25. The molecule has 0 bridgehead atoms. The normalized spacial score (nSPS) is 10.7. The van der Waals surface area contributed by atoms with E-state index in [1.54, 1.807) is 6.20 Å². The zero-order valence-corrected chi connectivity index (χ0v) is 8.45. The van der Waals surface area contributed by atoms with Crippen LogP contribution in [-0.2, 0) is 5.88 Å². The van der Waals surface area contributed by atoms with Crippen molar-refractivity contribution in [2.24, 2.45) is 0 Å². The number of aromatic nitrogens is 2. The molecule has 72 valence electrons. The summed E-state index contributed by atoms with van der Waals surface area (Å²) >= 11 is 5.62. The van der Waals surface area contributed by atoms with Crippen LogP contribution in [0.15, 0.2) is 29.2 Å². The summed E-state index contributed by atoms with van der Waals surface area (Å²) < 4.78 is 1.52. The maximum atomic E-state index is 11.6. The number of pyridine rings is 1. The van der Waals surface area contributed by atoms with Crippen molar-refractivity contribution in [1.82, 2.24) is 9.38 Å². The van der Waals surface area contributed by atoms with E-state index in [0.717, 1.165) is 5.56 Å². The van der Waals surface area contributed by atoms with Crippen LogP contribution >= 0.6 is 11.6 Å². The van der Waals surface area contributed by atoms with Crippen LogP contribution < -0.4 is 5.56 Å². The molecule has 0 saturated heterocycles. The van der Waals surface area contributed by atoms with Gasteiger partial charge in [-0.1, -0.05) is 6.07 Å². The fourth-order valence-electron chi connectivity index (χ4n) is 1.33. The van der Waals surface area contributed by atoms with Crippen molar-refractivity contribution in [3.05, 3.63) is 46.0 Å². The van der Waals surface area contributed by atoms with Gasteiger partial charge in [0.1, 0.15) is 5.65 Å². The Balaban J connectivity index is 2.83. The smallest absolute Gasteiger partial charge is 0.258 e. The molecule has 0 aliphatic heterocycles. The predicted octanol–water partition coefficient (Wildman–Crippen LogP) is 1.74. The van der Waals surface area contributed by atoms with Gasteiger partial charge in [-0.25, -0.2) is 4.98 Å². The molecule has 0 spiro atoms. The standard InChI is InChI=1S/C10H9ClN2O/c1-7-2-3-9-12-8(5-11)4-10(14)13(9)6-7/h2-4,6H,5H2,1H3. The molecule has 14 heavy (non-hydrogen) atoms. The van der Waals surface area contributed by atoms with E-state index in [0.29, 0.717) is 11.3 Å². The number of nitrogens with zero attached hydrogens (tertiary/aromatic N) is 2. The summed E-state index contributed by atoms with van der Waals surface area (Å²) in [5.74, 6) is 0.264. The fraction of sp³-hybridized carbons (Fsp3) is 0.200. The summed E-state index contributed by atoms with van der Waals surface area (Å²) in [6, 6.07) is 5.19. The highest BCUT2D eigenvalue weighted by atomic mass is 35.5. The first-order valence-corrected chi connectivity index (χ1v) is 4.79. The molecular weight excluding hydrogens is 200 g/mol. The molecule has 2 aromatic heterocycles. The van der Waals surface area contributed by atoms with Gasteiger partial charge in [0, 0.05) is 12.3 Å². The van der Waals surface area contributed by atoms with Crippen LogP contribution in [0, 0.1) is 6.92 Å². The Morgan fingerprint density at radius 3 is 3.00 bits per heavy atom. The molecule has 2 rings (SSSR count). The van der Waals surface area contributed by atoms with Crippen LogP contribution in [0.4, 0.5) is 0 Å². The summed E-state index contributed by atoms with van der Waals surface area (Å²) in [4.78, 5) is 15.8. The van der Waals surface area contributed by atoms with Crippen molar-refractivity contribution in [1.29, 1.82) is 0 Å². The third-order valence-electron chi connectivity index (χ3n) is 2.00. The topological polar surface area (TPSA) is 34.4 Å². The number of halogens is 1. The summed E-state index contributed by atoms with van der Waals surface area (Å²) in [6.07, 6.45) is 1.77. The fourth-order valence-corrected chi connectivity index (χ4v) is 1.46. The largest absolute Gasteiger partial charge is 0.269 e. The Morgan fingerprint density at radius 1 is 1.50 bits per heavy atom. The molecule has 0 aromatic carbocycles. The van der Waals surface area contributed by atoms with Crippen LogP contribution in [0.3, 0.4) is 0 Å². The van der Waals surface area contributed by atoms with Crippen molar-refractivity contribution < 1.29 is 0 Å². The zero-order valence-electron chi connectivity index (χ0n) is 7.70. The lowest BCUT2D eigenvalue weighted by Gasteiger charge is -2.02. The van der Waals surface area contributed by atoms with Gasteiger partial charge < -0.3 is 0 Å². The molecule has 2 aromatic rings. The van der Waals surface area contributed by atoms with Crippen molar-refractivity contribution in [3.63, 3.8) is 0 Å². The average molecular weight is 209 g/mol. The Hall–Kier alpha value is -1.35. The van der Waals surface area contributed by atoms with Gasteiger partial charge in [-0.05, 0) is 18.6 Å². The first-order chi connectivity index (χ1) is 6.70. The predicted molar refractivity (Wildman–Crippen MR) is 55.8 cm³/mol. The number of fused-ring (bicyclic) bond motifs is 1.